The standard InChI is InChI=1S/C13H13N3O2.C4H9NO/c1-2-14-12(17)10-8-11(15-16-13(10)18)9-6-4-3-5-7-9;1-3-6-4-2-5-1/h3-8H,2H2,1H3,(H,14,17)(H,16,18);5H,1-4H2. The van der Waals surface area contributed by atoms with Crippen molar-refractivity contribution in [1.29, 1.82) is 0 Å². The van der Waals surface area contributed by atoms with Gasteiger partial charge in [-0.3, -0.25) is 9.59 Å². The quantitative estimate of drug-likeness (QED) is 0.773. The lowest BCUT2D eigenvalue weighted by Gasteiger charge is -2.10. The first-order valence-electron chi connectivity index (χ1n) is 7.94. The van der Waals surface area contributed by atoms with E-state index in [4.69, 9.17) is 4.74 Å². The van der Waals surface area contributed by atoms with Gasteiger partial charge in [-0.05, 0) is 13.0 Å². The van der Waals surface area contributed by atoms with E-state index in [1.54, 1.807) is 6.92 Å². The van der Waals surface area contributed by atoms with Crippen LogP contribution in [0.4, 0.5) is 0 Å². The molecule has 7 nitrogen and oxygen atoms in total. The van der Waals surface area contributed by atoms with Crippen LogP contribution in [-0.4, -0.2) is 49.0 Å². The van der Waals surface area contributed by atoms with Gasteiger partial charge in [0.25, 0.3) is 11.5 Å². The second-order valence-corrected chi connectivity index (χ2v) is 5.08. The number of carbonyl (C=O) groups is 1. The zero-order valence-corrected chi connectivity index (χ0v) is 13.7. The van der Waals surface area contributed by atoms with Crippen molar-refractivity contribution in [3.05, 3.63) is 52.3 Å². The highest BCUT2D eigenvalue weighted by Crippen LogP contribution is 2.14. The highest BCUT2D eigenvalue weighted by molar-refractivity contribution is 5.94. The molecule has 3 N–H and O–H groups in total. The van der Waals surface area contributed by atoms with Gasteiger partial charge in [0.2, 0.25) is 0 Å². The molecule has 128 valence electrons. The number of H-pyrrole nitrogens is 1. The highest BCUT2D eigenvalue weighted by atomic mass is 16.5. The van der Waals surface area contributed by atoms with E-state index in [9.17, 15) is 9.59 Å². The molecule has 0 atom stereocenters. The summed E-state index contributed by atoms with van der Waals surface area (Å²) in [7, 11) is 0. The average Bonchev–Trinajstić information content (AvgIpc) is 2.65. The summed E-state index contributed by atoms with van der Waals surface area (Å²) in [6, 6.07) is 10.9. The Morgan fingerprint density at radius 2 is 1.96 bits per heavy atom. The van der Waals surface area contributed by atoms with Gasteiger partial charge in [0.15, 0.2) is 0 Å². The molecule has 1 aromatic heterocycles. The number of hydrogen-bond donors (Lipinski definition) is 3. The molecule has 1 amide bonds. The zero-order chi connectivity index (χ0) is 17.2. The van der Waals surface area contributed by atoms with E-state index in [1.165, 1.54) is 6.07 Å². The molecule has 2 heterocycles. The van der Waals surface area contributed by atoms with Crippen molar-refractivity contribution >= 4 is 5.91 Å². The van der Waals surface area contributed by atoms with Crippen molar-refractivity contribution in [2.24, 2.45) is 0 Å². The Balaban J connectivity index is 0.000000292. The van der Waals surface area contributed by atoms with E-state index in [-0.39, 0.29) is 5.56 Å². The summed E-state index contributed by atoms with van der Waals surface area (Å²) in [6.07, 6.45) is 0. The first-order chi connectivity index (χ1) is 11.7. The lowest BCUT2D eigenvalue weighted by Crippen LogP contribution is -2.30. The highest BCUT2D eigenvalue weighted by Gasteiger charge is 2.11. The molecule has 0 unspecified atom stereocenters. The first-order valence-corrected chi connectivity index (χ1v) is 7.94. The van der Waals surface area contributed by atoms with E-state index in [0.29, 0.717) is 12.2 Å². The van der Waals surface area contributed by atoms with Crippen molar-refractivity contribution in [2.75, 3.05) is 32.8 Å². The number of nitrogens with zero attached hydrogens (tertiary/aromatic N) is 1. The number of ether oxygens (including phenoxy) is 1. The third kappa shape index (κ3) is 5.29. The van der Waals surface area contributed by atoms with Gasteiger partial charge >= 0.3 is 0 Å². The third-order valence-corrected chi connectivity index (χ3v) is 3.30. The molecule has 7 heteroatoms. The van der Waals surface area contributed by atoms with Crippen molar-refractivity contribution in [2.45, 2.75) is 6.92 Å². The van der Waals surface area contributed by atoms with Crippen LogP contribution in [0.1, 0.15) is 17.3 Å². The third-order valence-electron chi connectivity index (χ3n) is 3.30. The largest absolute Gasteiger partial charge is 0.379 e. The van der Waals surface area contributed by atoms with Crippen LogP contribution >= 0.6 is 0 Å². The lowest BCUT2D eigenvalue weighted by atomic mass is 10.1. The topological polar surface area (TPSA) is 96.1 Å². The molecule has 1 aliphatic rings. The lowest BCUT2D eigenvalue weighted by molar-refractivity contribution is 0.0954. The minimum atomic E-state index is -0.486. The molecule has 0 spiro atoms. The molecule has 2 aromatic rings. The van der Waals surface area contributed by atoms with E-state index in [2.05, 4.69) is 20.8 Å². The van der Waals surface area contributed by atoms with Crippen LogP contribution in [-0.2, 0) is 4.74 Å². The molecule has 1 aliphatic heterocycles. The molecule has 24 heavy (non-hydrogen) atoms. The Labute approximate surface area is 140 Å². The minimum absolute atomic E-state index is 0.0747. The number of aromatic amines is 1. The zero-order valence-electron chi connectivity index (χ0n) is 13.7. The summed E-state index contributed by atoms with van der Waals surface area (Å²) < 4.78 is 5.01. The molecule has 3 rings (SSSR count). The molecule has 1 fully saturated rings. The van der Waals surface area contributed by atoms with E-state index >= 15 is 0 Å². The number of rotatable bonds is 3. The molecular weight excluding hydrogens is 308 g/mol. The van der Waals surface area contributed by atoms with Gasteiger partial charge in [-0.1, -0.05) is 30.3 Å². The first kappa shape index (κ1) is 17.8. The molecule has 0 aliphatic carbocycles. The fourth-order valence-electron chi connectivity index (χ4n) is 2.10. The number of morpholine rings is 1. The SMILES string of the molecule is C1COCCN1.CCNC(=O)c1cc(-c2ccccc2)n[nH]c1=O. The predicted octanol–water partition coefficient (Wildman–Crippen LogP) is 0.793. The molecular formula is C17H22N4O3. The molecule has 0 saturated carbocycles. The van der Waals surface area contributed by atoms with E-state index < -0.39 is 11.5 Å². The maximum absolute atomic E-state index is 11.7. The Hall–Kier alpha value is -2.51. The van der Waals surface area contributed by atoms with Gasteiger partial charge < -0.3 is 15.4 Å². The van der Waals surface area contributed by atoms with Gasteiger partial charge in [0.1, 0.15) is 5.56 Å². The summed E-state index contributed by atoms with van der Waals surface area (Å²) in [5, 5.41) is 12.0. The van der Waals surface area contributed by atoms with Crippen LogP contribution < -0.4 is 16.2 Å². The number of carbonyl (C=O) groups excluding carboxylic acids is 1. The smallest absolute Gasteiger partial charge is 0.277 e. The Kier molecular flexibility index (Phi) is 7.13. The Morgan fingerprint density at radius 1 is 1.25 bits per heavy atom. The summed E-state index contributed by atoms with van der Waals surface area (Å²) in [5.41, 5.74) is 1.00. The molecule has 0 radical (unpaired) electrons. The van der Waals surface area contributed by atoms with Gasteiger partial charge in [0.05, 0.1) is 18.9 Å². The van der Waals surface area contributed by atoms with Crippen molar-refractivity contribution in [3.63, 3.8) is 0 Å². The Bertz CT molecular complexity index is 685. The molecule has 1 saturated heterocycles. The van der Waals surface area contributed by atoms with Crippen LogP contribution in [0.3, 0.4) is 0 Å². The molecule has 0 bridgehead atoms. The number of aromatic nitrogens is 2. The van der Waals surface area contributed by atoms with E-state index in [0.717, 1.165) is 31.9 Å². The van der Waals surface area contributed by atoms with Crippen LogP contribution in [0.15, 0.2) is 41.2 Å². The van der Waals surface area contributed by atoms with Crippen LogP contribution in [0, 0.1) is 0 Å². The van der Waals surface area contributed by atoms with Crippen LogP contribution in [0.25, 0.3) is 11.3 Å². The maximum Gasteiger partial charge on any atom is 0.277 e. The number of benzene rings is 1. The summed E-state index contributed by atoms with van der Waals surface area (Å²) >= 11 is 0. The van der Waals surface area contributed by atoms with Gasteiger partial charge in [-0.25, -0.2) is 5.10 Å². The fraction of sp³-hybridized carbons (Fsp3) is 0.353. The van der Waals surface area contributed by atoms with Gasteiger partial charge in [-0.2, -0.15) is 5.10 Å². The number of hydrogen-bond acceptors (Lipinski definition) is 5. The predicted molar refractivity (Wildman–Crippen MR) is 92.0 cm³/mol. The fourth-order valence-corrected chi connectivity index (χ4v) is 2.10. The summed E-state index contributed by atoms with van der Waals surface area (Å²) in [5.74, 6) is -0.390. The van der Waals surface area contributed by atoms with Crippen molar-refractivity contribution in [3.8, 4) is 11.3 Å². The van der Waals surface area contributed by atoms with Crippen molar-refractivity contribution < 1.29 is 9.53 Å². The Morgan fingerprint density at radius 3 is 2.50 bits per heavy atom. The van der Waals surface area contributed by atoms with Gasteiger partial charge in [-0.15, -0.1) is 0 Å². The van der Waals surface area contributed by atoms with Gasteiger partial charge in [0, 0.05) is 25.2 Å². The minimum Gasteiger partial charge on any atom is -0.379 e. The van der Waals surface area contributed by atoms with Crippen molar-refractivity contribution in [1.82, 2.24) is 20.8 Å². The molecule has 1 aromatic carbocycles. The maximum atomic E-state index is 11.7. The van der Waals surface area contributed by atoms with Crippen LogP contribution in [0.5, 0.6) is 0 Å². The average molecular weight is 330 g/mol. The van der Waals surface area contributed by atoms with Crippen LogP contribution in [0.2, 0.25) is 0 Å². The summed E-state index contributed by atoms with van der Waals surface area (Å²) in [6.45, 7) is 6.10. The second-order valence-electron chi connectivity index (χ2n) is 5.08. The summed E-state index contributed by atoms with van der Waals surface area (Å²) in [4.78, 5) is 23.2. The monoisotopic (exact) mass is 330 g/mol. The number of amides is 1. The van der Waals surface area contributed by atoms with E-state index in [1.807, 2.05) is 30.3 Å². The number of nitrogens with one attached hydrogen (secondary N) is 3. The normalized spacial score (nSPS) is 13.5. The second kappa shape index (κ2) is 9.59.